The van der Waals surface area contributed by atoms with Crippen molar-refractivity contribution in [2.75, 3.05) is 13.1 Å². The van der Waals surface area contributed by atoms with Crippen molar-refractivity contribution in [3.05, 3.63) is 52.4 Å². The standard InChI is InChI=1S/C17H19N5S/c1-21-10-14(8-20-21)17-15-2-5-22(9-13-4-7-23-11-13)6-3-16(15)18-12-19-17/h4,7-8,10-12H,2-3,5-6,9H2,1H3. The Labute approximate surface area is 139 Å². The summed E-state index contributed by atoms with van der Waals surface area (Å²) in [6.07, 6.45) is 7.57. The molecule has 0 fully saturated rings. The van der Waals surface area contributed by atoms with Crippen LogP contribution in [0.25, 0.3) is 11.3 Å². The summed E-state index contributed by atoms with van der Waals surface area (Å²) in [7, 11) is 1.94. The molecule has 118 valence electrons. The maximum absolute atomic E-state index is 4.54. The van der Waals surface area contributed by atoms with Crippen molar-refractivity contribution in [2.45, 2.75) is 19.4 Å². The fourth-order valence-corrected chi connectivity index (χ4v) is 3.82. The van der Waals surface area contributed by atoms with Gasteiger partial charge in [0.1, 0.15) is 6.33 Å². The van der Waals surface area contributed by atoms with Crippen LogP contribution in [0.4, 0.5) is 0 Å². The van der Waals surface area contributed by atoms with Crippen LogP contribution in [-0.2, 0) is 26.4 Å². The van der Waals surface area contributed by atoms with Crippen LogP contribution in [-0.4, -0.2) is 37.7 Å². The molecular weight excluding hydrogens is 306 g/mol. The number of aromatic nitrogens is 4. The Bertz CT molecular complexity index is 793. The van der Waals surface area contributed by atoms with Crippen LogP contribution in [0.1, 0.15) is 16.8 Å². The molecule has 0 aromatic carbocycles. The first-order chi connectivity index (χ1) is 11.3. The monoisotopic (exact) mass is 325 g/mol. The molecule has 5 nitrogen and oxygen atoms in total. The largest absolute Gasteiger partial charge is 0.298 e. The average Bonchev–Trinajstić information content (AvgIpc) is 3.17. The molecule has 0 aliphatic carbocycles. The minimum Gasteiger partial charge on any atom is -0.298 e. The fraction of sp³-hybridized carbons (Fsp3) is 0.353. The molecule has 1 aliphatic heterocycles. The predicted molar refractivity (Wildman–Crippen MR) is 91.2 cm³/mol. The lowest BCUT2D eigenvalue weighted by molar-refractivity contribution is 0.279. The van der Waals surface area contributed by atoms with Gasteiger partial charge in [-0.25, -0.2) is 9.97 Å². The molecule has 3 aromatic rings. The molecule has 0 saturated heterocycles. The minimum absolute atomic E-state index is 0.981. The van der Waals surface area contributed by atoms with Crippen LogP contribution < -0.4 is 0 Å². The topological polar surface area (TPSA) is 46.8 Å². The molecular formula is C17H19N5S. The quantitative estimate of drug-likeness (QED) is 0.742. The van der Waals surface area contributed by atoms with E-state index in [0.717, 1.165) is 43.7 Å². The van der Waals surface area contributed by atoms with Crippen molar-refractivity contribution >= 4 is 11.3 Å². The maximum Gasteiger partial charge on any atom is 0.116 e. The Morgan fingerprint density at radius 3 is 2.91 bits per heavy atom. The van der Waals surface area contributed by atoms with Crippen molar-refractivity contribution in [3.63, 3.8) is 0 Å². The summed E-state index contributed by atoms with van der Waals surface area (Å²) in [6.45, 7) is 3.11. The summed E-state index contributed by atoms with van der Waals surface area (Å²) in [6, 6.07) is 2.21. The lowest BCUT2D eigenvalue weighted by Gasteiger charge is -2.18. The molecule has 4 rings (SSSR count). The predicted octanol–water partition coefficient (Wildman–Crippen LogP) is 2.54. The molecule has 3 aromatic heterocycles. The molecule has 0 unspecified atom stereocenters. The zero-order valence-electron chi connectivity index (χ0n) is 13.1. The molecule has 0 amide bonds. The number of nitrogens with zero attached hydrogens (tertiary/aromatic N) is 5. The Balaban J connectivity index is 1.59. The number of hydrogen-bond donors (Lipinski definition) is 0. The van der Waals surface area contributed by atoms with E-state index in [-0.39, 0.29) is 0 Å². The second-order valence-corrected chi connectivity index (χ2v) is 6.74. The molecule has 0 spiro atoms. The SMILES string of the molecule is Cn1cc(-c2ncnc3c2CCN(Cc2ccsc2)CC3)cn1. The molecule has 0 atom stereocenters. The summed E-state index contributed by atoms with van der Waals surface area (Å²) in [4.78, 5) is 11.6. The van der Waals surface area contributed by atoms with E-state index in [0.29, 0.717) is 0 Å². The molecule has 0 saturated carbocycles. The third-order valence-corrected chi connectivity index (χ3v) is 5.07. The zero-order chi connectivity index (χ0) is 15.6. The van der Waals surface area contributed by atoms with Crippen molar-refractivity contribution in [1.82, 2.24) is 24.6 Å². The lowest BCUT2D eigenvalue weighted by Crippen LogP contribution is -2.25. The summed E-state index contributed by atoms with van der Waals surface area (Å²) >= 11 is 1.76. The second-order valence-electron chi connectivity index (χ2n) is 5.96. The van der Waals surface area contributed by atoms with E-state index in [9.17, 15) is 0 Å². The highest BCUT2D eigenvalue weighted by Gasteiger charge is 2.20. The van der Waals surface area contributed by atoms with E-state index in [1.165, 1.54) is 16.8 Å². The Hall–Kier alpha value is -2.05. The van der Waals surface area contributed by atoms with Crippen LogP contribution in [0.5, 0.6) is 0 Å². The van der Waals surface area contributed by atoms with Gasteiger partial charge in [0.15, 0.2) is 0 Å². The number of fused-ring (bicyclic) bond motifs is 1. The molecule has 4 heterocycles. The lowest BCUT2D eigenvalue weighted by atomic mass is 10.0. The number of aryl methyl sites for hydroxylation is 1. The smallest absolute Gasteiger partial charge is 0.116 e. The highest BCUT2D eigenvalue weighted by Crippen LogP contribution is 2.25. The number of hydrogen-bond acceptors (Lipinski definition) is 5. The molecule has 0 N–H and O–H groups in total. The normalized spacial score (nSPS) is 15.3. The van der Waals surface area contributed by atoms with E-state index < -0.39 is 0 Å². The van der Waals surface area contributed by atoms with Crippen LogP contribution in [0.3, 0.4) is 0 Å². The van der Waals surface area contributed by atoms with Gasteiger partial charge in [-0.3, -0.25) is 9.58 Å². The van der Waals surface area contributed by atoms with Crippen molar-refractivity contribution in [2.24, 2.45) is 7.05 Å². The van der Waals surface area contributed by atoms with Gasteiger partial charge in [-0.1, -0.05) is 0 Å². The first-order valence-corrected chi connectivity index (χ1v) is 8.79. The third-order valence-electron chi connectivity index (χ3n) is 4.34. The minimum atomic E-state index is 0.981. The van der Waals surface area contributed by atoms with Crippen molar-refractivity contribution in [3.8, 4) is 11.3 Å². The average molecular weight is 325 g/mol. The maximum atomic E-state index is 4.54. The molecule has 6 heteroatoms. The van der Waals surface area contributed by atoms with E-state index in [1.807, 2.05) is 24.1 Å². The summed E-state index contributed by atoms with van der Waals surface area (Å²) in [5.41, 5.74) is 6.00. The zero-order valence-corrected chi connectivity index (χ0v) is 14.0. The second kappa shape index (κ2) is 6.22. The van der Waals surface area contributed by atoms with E-state index in [1.54, 1.807) is 17.7 Å². The first kappa shape index (κ1) is 14.5. The molecule has 1 aliphatic rings. The summed E-state index contributed by atoms with van der Waals surface area (Å²) < 4.78 is 1.82. The van der Waals surface area contributed by atoms with Gasteiger partial charge in [-0.15, -0.1) is 0 Å². The van der Waals surface area contributed by atoms with Gasteiger partial charge in [0.25, 0.3) is 0 Å². The van der Waals surface area contributed by atoms with Crippen molar-refractivity contribution < 1.29 is 0 Å². The molecule has 23 heavy (non-hydrogen) atoms. The Kier molecular flexibility index (Phi) is 3.93. The first-order valence-electron chi connectivity index (χ1n) is 7.85. The van der Waals surface area contributed by atoms with Crippen LogP contribution in [0.15, 0.2) is 35.5 Å². The number of thiophene rings is 1. The van der Waals surface area contributed by atoms with Gasteiger partial charge in [-0.2, -0.15) is 16.4 Å². The molecule has 0 radical (unpaired) electrons. The Morgan fingerprint density at radius 2 is 2.13 bits per heavy atom. The van der Waals surface area contributed by atoms with Gasteiger partial charge in [-0.05, 0) is 28.8 Å². The van der Waals surface area contributed by atoms with Crippen LogP contribution in [0, 0.1) is 0 Å². The van der Waals surface area contributed by atoms with E-state index >= 15 is 0 Å². The van der Waals surface area contributed by atoms with Gasteiger partial charge in [0.2, 0.25) is 0 Å². The van der Waals surface area contributed by atoms with Crippen LogP contribution >= 0.6 is 11.3 Å². The number of rotatable bonds is 3. The Morgan fingerprint density at radius 1 is 1.22 bits per heavy atom. The highest BCUT2D eigenvalue weighted by atomic mass is 32.1. The highest BCUT2D eigenvalue weighted by molar-refractivity contribution is 7.07. The summed E-state index contributed by atoms with van der Waals surface area (Å²) in [5, 5.41) is 8.66. The summed E-state index contributed by atoms with van der Waals surface area (Å²) in [5.74, 6) is 0. The van der Waals surface area contributed by atoms with Crippen LogP contribution in [0.2, 0.25) is 0 Å². The van der Waals surface area contributed by atoms with Gasteiger partial charge >= 0.3 is 0 Å². The van der Waals surface area contributed by atoms with Gasteiger partial charge in [0.05, 0.1) is 11.9 Å². The van der Waals surface area contributed by atoms with Crippen molar-refractivity contribution in [1.29, 1.82) is 0 Å². The fourth-order valence-electron chi connectivity index (χ4n) is 3.16. The van der Waals surface area contributed by atoms with E-state index in [2.05, 4.69) is 36.8 Å². The third kappa shape index (κ3) is 3.04. The van der Waals surface area contributed by atoms with Gasteiger partial charge in [0, 0.05) is 56.1 Å². The molecule has 0 bridgehead atoms. The van der Waals surface area contributed by atoms with Gasteiger partial charge < -0.3 is 0 Å². The van der Waals surface area contributed by atoms with E-state index in [4.69, 9.17) is 0 Å².